The van der Waals surface area contributed by atoms with Crippen molar-refractivity contribution >= 4 is 40.0 Å². The maximum atomic E-state index is 2.39. The van der Waals surface area contributed by atoms with Crippen molar-refractivity contribution in [3.63, 3.8) is 0 Å². The van der Waals surface area contributed by atoms with Crippen LogP contribution in [0.4, 0.5) is 17.1 Å². The summed E-state index contributed by atoms with van der Waals surface area (Å²) in [4.78, 5) is 2.36. The summed E-state index contributed by atoms with van der Waals surface area (Å²) in [6.07, 6.45) is 4.58. The van der Waals surface area contributed by atoms with Gasteiger partial charge in [0, 0.05) is 17.1 Å². The summed E-state index contributed by atoms with van der Waals surface area (Å²) in [6.45, 7) is 0. The lowest BCUT2D eigenvalue weighted by Gasteiger charge is -2.26. The van der Waals surface area contributed by atoms with Crippen molar-refractivity contribution in [1.82, 2.24) is 0 Å². The molecule has 0 heterocycles. The van der Waals surface area contributed by atoms with E-state index in [1.54, 1.807) is 0 Å². The summed E-state index contributed by atoms with van der Waals surface area (Å²) in [5.41, 5.74) is 20.0. The second-order valence-corrected chi connectivity index (χ2v) is 16.9. The Morgan fingerprint density at radius 3 is 1.10 bits per heavy atom. The van der Waals surface area contributed by atoms with Crippen molar-refractivity contribution in [2.75, 3.05) is 4.90 Å². The van der Waals surface area contributed by atoms with Crippen molar-refractivity contribution in [2.45, 2.75) is 0 Å². The van der Waals surface area contributed by atoms with Gasteiger partial charge >= 0.3 is 0 Å². The first-order chi connectivity index (χ1) is 33.2. The quantitative estimate of drug-likeness (QED) is 0.117. The molecule has 0 saturated carbocycles. The largest absolute Gasteiger partial charge is 0.310 e. The van der Waals surface area contributed by atoms with E-state index in [2.05, 4.69) is 290 Å². The molecule has 0 bridgehead atoms. The molecular formula is C66H47N. The molecule has 0 aromatic heterocycles. The van der Waals surface area contributed by atoms with Crippen LogP contribution in [0, 0.1) is 0 Å². The molecule has 0 aliphatic heterocycles. The van der Waals surface area contributed by atoms with Crippen LogP contribution in [-0.4, -0.2) is 0 Å². The molecule has 11 rings (SSSR count). The maximum absolute atomic E-state index is 2.39. The molecular weight excluding hydrogens is 807 g/mol. The molecule has 0 aliphatic carbocycles. The Hall–Kier alpha value is -8.78. The summed E-state index contributed by atoms with van der Waals surface area (Å²) in [6, 6.07) is 98.4. The number of rotatable bonds is 11. The Morgan fingerprint density at radius 2 is 0.612 bits per heavy atom. The Labute approximate surface area is 393 Å². The minimum Gasteiger partial charge on any atom is -0.310 e. The Bertz CT molecular complexity index is 3350. The van der Waals surface area contributed by atoms with Crippen molar-refractivity contribution in [3.05, 3.63) is 284 Å². The van der Waals surface area contributed by atoms with Gasteiger partial charge in [0.05, 0.1) is 0 Å². The van der Waals surface area contributed by atoms with E-state index in [1.165, 1.54) is 77.5 Å². The molecule has 0 saturated heterocycles. The van der Waals surface area contributed by atoms with Gasteiger partial charge in [-0.3, -0.25) is 0 Å². The maximum Gasteiger partial charge on any atom is 0.0468 e. The Balaban J connectivity index is 1.01. The van der Waals surface area contributed by atoms with Crippen LogP contribution in [0.25, 0.3) is 89.7 Å². The van der Waals surface area contributed by atoms with Crippen LogP contribution in [0.1, 0.15) is 11.1 Å². The van der Waals surface area contributed by atoms with Gasteiger partial charge in [-0.15, -0.1) is 0 Å². The topological polar surface area (TPSA) is 3.24 Å². The van der Waals surface area contributed by atoms with Crippen molar-refractivity contribution in [3.8, 4) is 66.8 Å². The first-order valence-electron chi connectivity index (χ1n) is 23.0. The van der Waals surface area contributed by atoms with Gasteiger partial charge in [-0.05, 0) is 137 Å². The average Bonchev–Trinajstić information content (AvgIpc) is 3.41. The number of hydrogen-bond donors (Lipinski definition) is 0. The van der Waals surface area contributed by atoms with Gasteiger partial charge in [0.2, 0.25) is 0 Å². The predicted octanol–water partition coefficient (Wildman–Crippen LogP) is 18.5. The van der Waals surface area contributed by atoms with E-state index in [0.717, 1.165) is 28.2 Å². The van der Waals surface area contributed by atoms with E-state index in [-0.39, 0.29) is 0 Å². The van der Waals surface area contributed by atoms with E-state index in [9.17, 15) is 0 Å². The zero-order valence-electron chi connectivity index (χ0n) is 37.1. The van der Waals surface area contributed by atoms with Gasteiger partial charge in [-0.25, -0.2) is 0 Å². The van der Waals surface area contributed by atoms with Crippen LogP contribution in [0.15, 0.2) is 273 Å². The van der Waals surface area contributed by atoms with Gasteiger partial charge in [0.1, 0.15) is 0 Å². The minimum absolute atomic E-state index is 1.10. The SMILES string of the molecule is C(=C\c1cc(-c2ccccc2)c(-c2ccccc2)c(-c2ccccc2)c1-c1ccccc1)/c1ccc2cc(N(c3ccc(-c4ccccc4)cc3)c3ccc(-c4ccccc4)cc3)ccc2c1. The van der Waals surface area contributed by atoms with Crippen LogP contribution in [0.5, 0.6) is 0 Å². The third kappa shape index (κ3) is 8.63. The molecule has 11 aromatic rings. The Kier molecular flexibility index (Phi) is 11.5. The summed E-state index contributed by atoms with van der Waals surface area (Å²) in [5, 5.41) is 2.36. The van der Waals surface area contributed by atoms with Crippen molar-refractivity contribution < 1.29 is 0 Å². The molecule has 0 aliphatic rings. The highest BCUT2D eigenvalue weighted by atomic mass is 15.1. The molecule has 0 radical (unpaired) electrons. The number of hydrogen-bond acceptors (Lipinski definition) is 1. The van der Waals surface area contributed by atoms with Gasteiger partial charge < -0.3 is 4.90 Å². The standard InChI is InChI=1S/C66H47N/c1-7-19-49(20-8-1)51-35-40-60(41-36-51)67(61-42-37-52(38-43-61)50-21-9-2-10-22-50)62-44-39-57-45-48(31-33-58(57)46-62)32-34-59-47-63(53-23-11-3-12-24-53)65(55-27-15-5-16-28-55)66(56-29-17-6-18-30-56)64(59)54-25-13-4-14-26-54/h1-47H/b34-32+. The van der Waals surface area contributed by atoms with Crippen LogP contribution < -0.4 is 4.90 Å². The normalized spacial score (nSPS) is 11.2. The zero-order valence-corrected chi connectivity index (χ0v) is 37.1. The number of nitrogens with zero attached hydrogens (tertiary/aromatic N) is 1. The molecule has 0 spiro atoms. The fraction of sp³-hybridized carbons (Fsp3) is 0. The molecule has 0 amide bonds. The van der Waals surface area contributed by atoms with Crippen LogP contribution in [0.2, 0.25) is 0 Å². The molecule has 0 unspecified atom stereocenters. The fourth-order valence-electron chi connectivity index (χ4n) is 9.39. The highest BCUT2D eigenvalue weighted by Gasteiger charge is 2.22. The van der Waals surface area contributed by atoms with E-state index in [0.29, 0.717) is 0 Å². The molecule has 0 N–H and O–H groups in total. The summed E-state index contributed by atoms with van der Waals surface area (Å²) in [5.74, 6) is 0. The molecule has 0 atom stereocenters. The third-order valence-electron chi connectivity index (χ3n) is 12.7. The lowest BCUT2D eigenvalue weighted by molar-refractivity contribution is 1.29. The first-order valence-corrected chi connectivity index (χ1v) is 23.0. The number of fused-ring (bicyclic) bond motifs is 1. The van der Waals surface area contributed by atoms with E-state index in [1.807, 2.05) is 0 Å². The summed E-state index contributed by atoms with van der Waals surface area (Å²) in [7, 11) is 0. The lowest BCUT2D eigenvalue weighted by atomic mass is 9.80. The molecule has 1 nitrogen and oxygen atoms in total. The van der Waals surface area contributed by atoms with Gasteiger partial charge in [-0.1, -0.05) is 237 Å². The minimum atomic E-state index is 1.10. The highest BCUT2D eigenvalue weighted by molar-refractivity contribution is 6.05. The Morgan fingerprint density at radius 1 is 0.239 bits per heavy atom. The summed E-state index contributed by atoms with van der Waals surface area (Å²) >= 11 is 0. The fourth-order valence-corrected chi connectivity index (χ4v) is 9.39. The second-order valence-electron chi connectivity index (χ2n) is 16.9. The molecule has 316 valence electrons. The summed E-state index contributed by atoms with van der Waals surface area (Å²) < 4.78 is 0. The smallest absolute Gasteiger partial charge is 0.0468 e. The van der Waals surface area contributed by atoms with Gasteiger partial charge in [-0.2, -0.15) is 0 Å². The zero-order chi connectivity index (χ0) is 44.8. The van der Waals surface area contributed by atoms with E-state index in [4.69, 9.17) is 0 Å². The lowest BCUT2D eigenvalue weighted by Crippen LogP contribution is -2.09. The van der Waals surface area contributed by atoms with Crippen molar-refractivity contribution in [1.29, 1.82) is 0 Å². The average molecular weight is 854 g/mol. The predicted molar refractivity (Wildman–Crippen MR) is 287 cm³/mol. The van der Waals surface area contributed by atoms with E-state index < -0.39 is 0 Å². The molecule has 1 heteroatoms. The van der Waals surface area contributed by atoms with Crippen molar-refractivity contribution in [2.24, 2.45) is 0 Å². The molecule has 67 heavy (non-hydrogen) atoms. The molecule has 11 aromatic carbocycles. The van der Waals surface area contributed by atoms with Crippen LogP contribution in [0.3, 0.4) is 0 Å². The van der Waals surface area contributed by atoms with Gasteiger partial charge in [0.15, 0.2) is 0 Å². The van der Waals surface area contributed by atoms with Crippen LogP contribution >= 0.6 is 0 Å². The monoisotopic (exact) mass is 853 g/mol. The second kappa shape index (κ2) is 18.7. The molecule has 0 fully saturated rings. The first kappa shape index (κ1) is 41.0. The third-order valence-corrected chi connectivity index (χ3v) is 12.7. The number of anilines is 3. The van der Waals surface area contributed by atoms with Gasteiger partial charge in [0.25, 0.3) is 0 Å². The number of benzene rings is 11. The highest BCUT2D eigenvalue weighted by Crippen LogP contribution is 2.48. The van der Waals surface area contributed by atoms with E-state index >= 15 is 0 Å². The van der Waals surface area contributed by atoms with Crippen LogP contribution in [-0.2, 0) is 0 Å².